The van der Waals surface area contributed by atoms with Gasteiger partial charge in [0.25, 0.3) is 5.91 Å². The van der Waals surface area contributed by atoms with Gasteiger partial charge in [0.1, 0.15) is 17.6 Å². The van der Waals surface area contributed by atoms with Crippen molar-refractivity contribution in [1.82, 2.24) is 24.8 Å². The lowest BCUT2D eigenvalue weighted by atomic mass is 10.1. The molecule has 4 aromatic rings. The number of nitrogens with one attached hydrogen (secondary N) is 2. The highest BCUT2D eigenvalue weighted by Crippen LogP contribution is 2.38. The smallest absolute Gasteiger partial charge is 0.263 e. The Morgan fingerprint density at radius 1 is 1.02 bits per heavy atom. The minimum atomic E-state index is -0.762. The number of hydrogen-bond donors (Lipinski definition) is 2. The van der Waals surface area contributed by atoms with Crippen LogP contribution in [0.1, 0.15) is 22.5 Å². The van der Waals surface area contributed by atoms with E-state index in [1.54, 1.807) is 18.9 Å². The maximum absolute atomic E-state index is 15.4. The Balaban J connectivity index is 1.36. The fourth-order valence-electron chi connectivity index (χ4n) is 5.10. The van der Waals surface area contributed by atoms with Crippen molar-refractivity contribution in [3.05, 3.63) is 59.6 Å². The summed E-state index contributed by atoms with van der Waals surface area (Å²) in [5.74, 6) is -1.66. The molecule has 214 valence electrons. The zero-order chi connectivity index (χ0) is 28.7. The molecular formula is C29H31F2N7O3. The Morgan fingerprint density at radius 3 is 2.51 bits per heavy atom. The number of aryl methyl sites for hydroxylation is 1. The second-order valence-corrected chi connectivity index (χ2v) is 10.4. The quantitative estimate of drug-likeness (QED) is 0.334. The third-order valence-corrected chi connectivity index (χ3v) is 7.58. The largest absolute Gasteiger partial charge is 0.494 e. The number of benzene rings is 2. The van der Waals surface area contributed by atoms with Crippen LogP contribution in [-0.2, 0) is 0 Å². The first-order valence-electron chi connectivity index (χ1n) is 13.5. The van der Waals surface area contributed by atoms with Gasteiger partial charge in [-0.15, -0.1) is 0 Å². The summed E-state index contributed by atoms with van der Waals surface area (Å²) < 4.78 is 41.7. The number of rotatable bonds is 7. The van der Waals surface area contributed by atoms with Crippen molar-refractivity contribution in [2.24, 2.45) is 0 Å². The predicted octanol–water partition coefficient (Wildman–Crippen LogP) is 4.69. The van der Waals surface area contributed by atoms with Crippen LogP contribution in [0, 0.1) is 18.6 Å². The van der Waals surface area contributed by atoms with Crippen molar-refractivity contribution in [3.8, 4) is 17.4 Å². The molecule has 2 aromatic carbocycles. The molecule has 0 radical (unpaired) electrons. The summed E-state index contributed by atoms with van der Waals surface area (Å²) in [6, 6.07) is 8.23. The van der Waals surface area contributed by atoms with Crippen molar-refractivity contribution >= 4 is 34.0 Å². The maximum Gasteiger partial charge on any atom is 0.263 e. The van der Waals surface area contributed by atoms with Crippen molar-refractivity contribution in [3.63, 3.8) is 0 Å². The van der Waals surface area contributed by atoms with Crippen molar-refractivity contribution < 1.29 is 23.0 Å². The Bertz CT molecular complexity index is 1610. The van der Waals surface area contributed by atoms with Crippen LogP contribution >= 0.6 is 0 Å². The minimum absolute atomic E-state index is 0.0163. The van der Waals surface area contributed by atoms with Crippen LogP contribution < -0.4 is 19.7 Å². The molecule has 0 spiro atoms. The summed E-state index contributed by atoms with van der Waals surface area (Å²) in [5, 5.41) is 3.24. The molecule has 1 amide bonds. The van der Waals surface area contributed by atoms with Gasteiger partial charge in [0, 0.05) is 68.2 Å². The molecule has 0 bridgehead atoms. The third kappa shape index (κ3) is 5.10. The number of nitrogens with zero attached hydrogens (tertiary/aromatic N) is 5. The number of methoxy groups -OCH3 is 1. The van der Waals surface area contributed by atoms with E-state index in [0.717, 1.165) is 44.4 Å². The van der Waals surface area contributed by atoms with Crippen molar-refractivity contribution in [2.75, 3.05) is 63.6 Å². The molecule has 10 nitrogen and oxygen atoms in total. The molecule has 12 heteroatoms. The number of ether oxygens (including phenoxy) is 2. The van der Waals surface area contributed by atoms with E-state index in [0.29, 0.717) is 30.2 Å². The second kappa shape index (κ2) is 10.8. The summed E-state index contributed by atoms with van der Waals surface area (Å²) in [7, 11) is 3.68. The number of H-pyrrole nitrogens is 1. The maximum atomic E-state index is 15.4. The van der Waals surface area contributed by atoms with Gasteiger partial charge in [-0.2, -0.15) is 0 Å². The lowest BCUT2D eigenvalue weighted by Crippen LogP contribution is -2.44. The van der Waals surface area contributed by atoms with Gasteiger partial charge >= 0.3 is 0 Å². The lowest BCUT2D eigenvalue weighted by Gasteiger charge is -2.34. The van der Waals surface area contributed by atoms with Gasteiger partial charge in [-0.05, 0) is 38.6 Å². The Kier molecular flexibility index (Phi) is 7.08. The molecule has 2 aliphatic rings. The van der Waals surface area contributed by atoms with E-state index in [-0.39, 0.29) is 39.8 Å². The molecule has 0 saturated carbocycles. The number of aromatic amines is 1. The monoisotopic (exact) mass is 563 g/mol. The summed E-state index contributed by atoms with van der Waals surface area (Å²) in [4.78, 5) is 31.1. The second-order valence-electron chi connectivity index (χ2n) is 10.4. The highest BCUT2D eigenvalue weighted by Gasteiger charge is 2.30. The summed E-state index contributed by atoms with van der Waals surface area (Å²) in [6.07, 6.45) is 2.08. The Hall–Kier alpha value is -4.45. The fourth-order valence-corrected chi connectivity index (χ4v) is 5.10. The van der Waals surface area contributed by atoms with Crippen LogP contribution in [0.3, 0.4) is 0 Å². The van der Waals surface area contributed by atoms with E-state index in [1.807, 2.05) is 18.2 Å². The number of carbonyl (C=O) groups excluding carboxylic acids is 1. The third-order valence-electron chi connectivity index (χ3n) is 7.58. The number of likely N-dealkylation sites (N-methyl/N-ethyl adjacent to an activating group) is 1. The fraction of sp³-hybridized carbons (Fsp3) is 0.345. The Morgan fingerprint density at radius 2 is 1.80 bits per heavy atom. The average Bonchev–Trinajstić information content (AvgIpc) is 3.34. The average molecular weight is 564 g/mol. The minimum Gasteiger partial charge on any atom is -0.494 e. The normalized spacial score (nSPS) is 15.6. The van der Waals surface area contributed by atoms with Gasteiger partial charge in [-0.25, -0.2) is 18.7 Å². The van der Waals surface area contributed by atoms with Crippen molar-refractivity contribution in [2.45, 2.75) is 13.3 Å². The van der Waals surface area contributed by atoms with Gasteiger partial charge in [-0.3, -0.25) is 4.79 Å². The Labute approximate surface area is 235 Å². The molecular weight excluding hydrogens is 532 g/mol. The van der Waals surface area contributed by atoms with Crippen LogP contribution in [0.5, 0.6) is 17.4 Å². The number of fused-ring (bicyclic) bond motifs is 1. The van der Waals surface area contributed by atoms with E-state index >= 15 is 4.39 Å². The van der Waals surface area contributed by atoms with Gasteiger partial charge in [0.05, 0.1) is 18.3 Å². The van der Waals surface area contributed by atoms with E-state index in [4.69, 9.17) is 9.47 Å². The van der Waals surface area contributed by atoms with Crippen LogP contribution in [0.2, 0.25) is 0 Å². The van der Waals surface area contributed by atoms with E-state index in [2.05, 4.69) is 37.1 Å². The molecule has 0 aliphatic carbocycles. The van der Waals surface area contributed by atoms with Gasteiger partial charge in [-0.1, -0.05) is 0 Å². The van der Waals surface area contributed by atoms with Gasteiger partial charge in [0.15, 0.2) is 23.2 Å². The van der Waals surface area contributed by atoms with E-state index in [9.17, 15) is 9.18 Å². The lowest BCUT2D eigenvalue weighted by molar-refractivity contribution is 0.0649. The zero-order valence-electron chi connectivity index (χ0n) is 23.1. The molecule has 0 unspecified atom stereocenters. The zero-order valence-corrected chi connectivity index (χ0v) is 23.1. The first-order valence-corrected chi connectivity index (χ1v) is 13.5. The van der Waals surface area contributed by atoms with E-state index in [1.165, 1.54) is 12.4 Å². The molecule has 4 heterocycles. The first-order chi connectivity index (χ1) is 19.8. The standard InChI is InChI=1S/C29H31F2N7O3/c1-17-13-19-25(31)23(15-20(30)26(19)34-17)41-28-24(29(39)38-7-4-8-38)27(32-16-33-28)35-21-6-5-18(14-22(21)40-3)37-11-9-36(2)10-12-37/h5-6,13-16,34H,4,7-12H2,1-3H3,(H,32,33,35). The predicted molar refractivity (Wildman–Crippen MR) is 152 cm³/mol. The van der Waals surface area contributed by atoms with Crippen LogP contribution in [-0.4, -0.2) is 84.1 Å². The summed E-state index contributed by atoms with van der Waals surface area (Å²) >= 11 is 0. The van der Waals surface area contributed by atoms with Crippen LogP contribution in [0.4, 0.5) is 26.0 Å². The number of piperazine rings is 1. The number of aromatic nitrogens is 3. The topological polar surface area (TPSA) is 98.8 Å². The molecule has 6 rings (SSSR count). The van der Waals surface area contributed by atoms with Crippen LogP contribution in [0.15, 0.2) is 36.7 Å². The molecule has 0 atom stereocenters. The molecule has 2 saturated heterocycles. The molecule has 2 N–H and O–H groups in total. The molecule has 41 heavy (non-hydrogen) atoms. The number of likely N-dealkylation sites (tertiary alicyclic amines) is 1. The number of anilines is 3. The van der Waals surface area contributed by atoms with Crippen LogP contribution in [0.25, 0.3) is 10.9 Å². The highest BCUT2D eigenvalue weighted by atomic mass is 19.1. The summed E-state index contributed by atoms with van der Waals surface area (Å²) in [5.41, 5.74) is 2.26. The van der Waals surface area contributed by atoms with Gasteiger partial charge < -0.3 is 34.5 Å². The molecule has 2 aromatic heterocycles. The SMILES string of the molecule is COc1cc(N2CCN(C)CC2)ccc1Nc1ncnc(Oc2cc(F)c3[nH]c(C)cc3c2F)c1C(=O)N1CCC1. The number of hydrogen-bond acceptors (Lipinski definition) is 8. The highest BCUT2D eigenvalue weighted by molar-refractivity contribution is 6.02. The molecule has 2 fully saturated rings. The first kappa shape index (κ1) is 26.8. The summed E-state index contributed by atoms with van der Waals surface area (Å²) in [6.45, 7) is 6.57. The van der Waals surface area contributed by atoms with Crippen molar-refractivity contribution in [1.29, 1.82) is 0 Å². The van der Waals surface area contributed by atoms with E-state index < -0.39 is 11.6 Å². The van der Waals surface area contributed by atoms with Gasteiger partial charge in [0.2, 0.25) is 5.88 Å². The number of carbonyl (C=O) groups is 1. The molecule has 2 aliphatic heterocycles. The number of amides is 1. The number of halogens is 2.